The van der Waals surface area contributed by atoms with E-state index in [4.69, 9.17) is 15.0 Å². The average Bonchev–Trinajstić information content (AvgIpc) is 3.55. The molecule has 7 aromatic carbocycles. The Morgan fingerprint density at radius 2 is 1.06 bits per heavy atom. The van der Waals surface area contributed by atoms with Gasteiger partial charge in [0.25, 0.3) is 0 Å². The Kier molecular flexibility index (Phi) is 7.59. The maximum atomic E-state index is 5.44. The second-order valence-corrected chi connectivity index (χ2v) is 14.0. The molecule has 0 saturated carbocycles. The Bertz CT molecular complexity index is 2840. The smallest absolute Gasteiger partial charge is 0.161 e. The Morgan fingerprint density at radius 3 is 1.93 bits per heavy atom. The summed E-state index contributed by atoms with van der Waals surface area (Å²) in [5.74, 6) is 0.708. The molecule has 0 bridgehead atoms. The molecule has 0 fully saturated rings. The van der Waals surface area contributed by atoms with Gasteiger partial charge in [-0.1, -0.05) is 164 Å². The van der Waals surface area contributed by atoms with Gasteiger partial charge in [-0.3, -0.25) is 4.98 Å². The minimum atomic E-state index is -0.587. The van der Waals surface area contributed by atoms with E-state index in [9.17, 15) is 0 Å². The van der Waals surface area contributed by atoms with Crippen LogP contribution in [0.5, 0.6) is 0 Å². The minimum Gasteiger partial charge on any atom is -0.256 e. The van der Waals surface area contributed by atoms with E-state index in [0.29, 0.717) is 5.82 Å². The van der Waals surface area contributed by atoms with E-state index in [1.807, 2.05) is 18.3 Å². The van der Waals surface area contributed by atoms with Crippen molar-refractivity contribution in [2.24, 2.45) is 0 Å². The van der Waals surface area contributed by atoms with Gasteiger partial charge in [-0.2, -0.15) is 0 Å². The van der Waals surface area contributed by atoms with Crippen LogP contribution in [0, 0.1) is 6.92 Å². The van der Waals surface area contributed by atoms with Gasteiger partial charge in [-0.25, -0.2) is 9.97 Å². The molecule has 0 saturated heterocycles. The monoisotopic (exact) mass is 689 g/mol. The molecule has 1 aliphatic rings. The van der Waals surface area contributed by atoms with Gasteiger partial charge in [0.2, 0.25) is 0 Å². The van der Waals surface area contributed by atoms with Crippen molar-refractivity contribution in [3.63, 3.8) is 0 Å². The second kappa shape index (κ2) is 12.9. The standard InChI is InChI=1S/C51H35N3/c1-34-29-30-52-46(31-34)37-19-12-22-39(32-37)51(38-20-6-3-7-21-38)44-27-11-10-24-42(44)49-43(26-14-28-45(49)51)48-33-47(36-16-4-2-5-17-36)53-50(54-48)41-25-13-18-35-15-8-9-23-40(35)41/h2-33H,1H3. The first-order valence-electron chi connectivity index (χ1n) is 18.4. The van der Waals surface area contributed by atoms with Crippen LogP contribution in [0.1, 0.15) is 27.8 Å². The van der Waals surface area contributed by atoms with E-state index in [1.165, 1.54) is 38.9 Å². The molecular weight excluding hydrogens is 655 g/mol. The maximum Gasteiger partial charge on any atom is 0.161 e. The van der Waals surface area contributed by atoms with E-state index < -0.39 is 5.41 Å². The highest BCUT2D eigenvalue weighted by molar-refractivity contribution is 5.98. The summed E-state index contributed by atoms with van der Waals surface area (Å²) in [7, 11) is 0. The van der Waals surface area contributed by atoms with Crippen LogP contribution in [0.3, 0.4) is 0 Å². The molecule has 10 rings (SSSR count). The fourth-order valence-electron chi connectivity index (χ4n) is 8.51. The van der Waals surface area contributed by atoms with Gasteiger partial charge in [-0.05, 0) is 80.9 Å². The molecule has 1 aliphatic carbocycles. The molecule has 1 atom stereocenters. The summed E-state index contributed by atoms with van der Waals surface area (Å²) >= 11 is 0. The number of aryl methyl sites for hydroxylation is 1. The summed E-state index contributed by atoms with van der Waals surface area (Å²) in [5.41, 5.74) is 14.9. The Hall–Kier alpha value is -6.97. The first-order valence-corrected chi connectivity index (χ1v) is 18.4. The van der Waals surface area contributed by atoms with Crippen molar-refractivity contribution in [1.82, 2.24) is 15.0 Å². The van der Waals surface area contributed by atoms with Crippen molar-refractivity contribution in [2.75, 3.05) is 0 Å². The number of fused-ring (bicyclic) bond motifs is 4. The van der Waals surface area contributed by atoms with Crippen LogP contribution < -0.4 is 0 Å². The maximum absolute atomic E-state index is 5.44. The van der Waals surface area contributed by atoms with Gasteiger partial charge in [0, 0.05) is 28.5 Å². The molecule has 0 N–H and O–H groups in total. The third-order valence-electron chi connectivity index (χ3n) is 10.9. The predicted molar refractivity (Wildman–Crippen MR) is 221 cm³/mol. The van der Waals surface area contributed by atoms with E-state index in [0.717, 1.165) is 50.1 Å². The van der Waals surface area contributed by atoms with E-state index in [1.54, 1.807) is 0 Å². The predicted octanol–water partition coefficient (Wildman–Crippen LogP) is 12.4. The van der Waals surface area contributed by atoms with Crippen LogP contribution >= 0.6 is 0 Å². The molecule has 0 amide bonds. The van der Waals surface area contributed by atoms with E-state index in [-0.39, 0.29) is 0 Å². The molecule has 3 heteroatoms. The highest BCUT2D eigenvalue weighted by Gasteiger charge is 2.47. The summed E-state index contributed by atoms with van der Waals surface area (Å²) in [6.07, 6.45) is 1.90. The SMILES string of the molecule is Cc1ccnc(-c2cccc(C3(c4ccccc4)c4ccccc4-c4c(-c5cc(-c6ccccc6)nc(-c6cccc7ccccc67)n5)cccc43)c2)c1. The van der Waals surface area contributed by atoms with Crippen molar-refractivity contribution in [3.05, 3.63) is 222 Å². The normalized spacial score (nSPS) is 14.5. The first kappa shape index (κ1) is 31.7. The zero-order chi connectivity index (χ0) is 36.1. The molecule has 0 spiro atoms. The summed E-state index contributed by atoms with van der Waals surface area (Å²) in [4.78, 5) is 15.5. The number of aromatic nitrogens is 3. The molecule has 0 radical (unpaired) electrons. The van der Waals surface area contributed by atoms with Crippen LogP contribution in [-0.4, -0.2) is 15.0 Å². The second-order valence-electron chi connectivity index (χ2n) is 14.0. The molecule has 54 heavy (non-hydrogen) atoms. The number of rotatable bonds is 6. The summed E-state index contributed by atoms with van der Waals surface area (Å²) in [5, 5.41) is 2.29. The number of hydrogen-bond acceptors (Lipinski definition) is 3. The quantitative estimate of drug-likeness (QED) is 0.174. The minimum absolute atomic E-state index is 0.587. The molecule has 3 nitrogen and oxygen atoms in total. The largest absolute Gasteiger partial charge is 0.256 e. The van der Waals surface area contributed by atoms with Crippen molar-refractivity contribution in [2.45, 2.75) is 12.3 Å². The van der Waals surface area contributed by atoms with Crippen LogP contribution in [0.15, 0.2) is 194 Å². The van der Waals surface area contributed by atoms with Gasteiger partial charge in [-0.15, -0.1) is 0 Å². The van der Waals surface area contributed by atoms with Crippen LogP contribution in [0.2, 0.25) is 0 Å². The van der Waals surface area contributed by atoms with E-state index >= 15 is 0 Å². The summed E-state index contributed by atoms with van der Waals surface area (Å²) < 4.78 is 0. The molecule has 254 valence electrons. The van der Waals surface area contributed by atoms with Gasteiger partial charge < -0.3 is 0 Å². The Labute approximate surface area is 315 Å². The third-order valence-corrected chi connectivity index (χ3v) is 10.9. The molecule has 1 unspecified atom stereocenters. The van der Waals surface area contributed by atoms with Crippen LogP contribution in [0.25, 0.3) is 67.1 Å². The van der Waals surface area contributed by atoms with E-state index in [2.05, 4.69) is 183 Å². The molecule has 2 aromatic heterocycles. The van der Waals surface area contributed by atoms with Crippen LogP contribution in [-0.2, 0) is 5.41 Å². The average molecular weight is 690 g/mol. The molecular formula is C51H35N3. The highest BCUT2D eigenvalue weighted by Crippen LogP contribution is 2.58. The highest BCUT2D eigenvalue weighted by atomic mass is 14.9. The van der Waals surface area contributed by atoms with Crippen molar-refractivity contribution in [1.29, 1.82) is 0 Å². The molecule has 2 heterocycles. The van der Waals surface area contributed by atoms with Crippen molar-refractivity contribution < 1.29 is 0 Å². The van der Waals surface area contributed by atoms with Gasteiger partial charge in [0.05, 0.1) is 22.5 Å². The first-order chi connectivity index (χ1) is 26.7. The van der Waals surface area contributed by atoms with Crippen molar-refractivity contribution >= 4 is 10.8 Å². The molecule has 9 aromatic rings. The number of hydrogen-bond donors (Lipinski definition) is 0. The lowest BCUT2D eigenvalue weighted by molar-refractivity contribution is 0.769. The number of nitrogens with zero attached hydrogens (tertiary/aromatic N) is 3. The third kappa shape index (κ3) is 5.08. The number of benzene rings is 7. The van der Waals surface area contributed by atoms with Crippen molar-refractivity contribution in [3.8, 4) is 56.3 Å². The van der Waals surface area contributed by atoms with Gasteiger partial charge in [0.1, 0.15) is 0 Å². The summed E-state index contributed by atoms with van der Waals surface area (Å²) in [6, 6.07) is 67.2. The topological polar surface area (TPSA) is 38.7 Å². The fourth-order valence-corrected chi connectivity index (χ4v) is 8.51. The lowest BCUT2D eigenvalue weighted by atomic mass is 9.67. The fraction of sp³-hybridized carbons (Fsp3) is 0.0392. The zero-order valence-electron chi connectivity index (χ0n) is 29.8. The summed E-state index contributed by atoms with van der Waals surface area (Å²) in [6.45, 7) is 2.12. The lowest BCUT2D eigenvalue weighted by Gasteiger charge is -2.34. The number of pyridine rings is 1. The van der Waals surface area contributed by atoms with Crippen LogP contribution in [0.4, 0.5) is 0 Å². The van der Waals surface area contributed by atoms with Gasteiger partial charge >= 0.3 is 0 Å². The Balaban J connectivity index is 1.27. The lowest BCUT2D eigenvalue weighted by Crippen LogP contribution is -2.28. The zero-order valence-corrected chi connectivity index (χ0v) is 29.8. The Morgan fingerprint density at radius 1 is 0.426 bits per heavy atom. The molecule has 0 aliphatic heterocycles. The van der Waals surface area contributed by atoms with Gasteiger partial charge in [0.15, 0.2) is 5.82 Å².